The molecule has 0 amide bonds. The molecule has 0 aromatic heterocycles. The summed E-state index contributed by atoms with van der Waals surface area (Å²) in [5.74, 6) is 0.358. The van der Waals surface area contributed by atoms with Gasteiger partial charge in [0.25, 0.3) is 0 Å². The summed E-state index contributed by atoms with van der Waals surface area (Å²) in [5.41, 5.74) is 3.82. The molecule has 2 rings (SSSR count). The van der Waals surface area contributed by atoms with Gasteiger partial charge in [0, 0.05) is 0 Å². The first-order valence-corrected chi connectivity index (χ1v) is 6.95. The highest BCUT2D eigenvalue weighted by atomic mass is 16.1. The number of hydrogen-bond donors (Lipinski definition) is 0. The number of ketones is 1. The van der Waals surface area contributed by atoms with Gasteiger partial charge in [-0.2, -0.15) is 0 Å². The Morgan fingerprint density at radius 1 is 0.941 bits per heavy atom. The van der Waals surface area contributed by atoms with Crippen molar-refractivity contribution >= 4 is 5.78 Å². The minimum absolute atomic E-state index is 0.123. The largest absolute Gasteiger partial charge is 0.289 e. The summed E-state index contributed by atoms with van der Waals surface area (Å²) < 4.78 is 0. The Bertz CT molecular complexity index is 369. The van der Waals surface area contributed by atoms with E-state index in [9.17, 15) is 4.79 Å². The Morgan fingerprint density at radius 3 is 2.18 bits per heavy atom. The zero-order valence-corrected chi connectivity index (χ0v) is 11.4. The van der Waals surface area contributed by atoms with E-state index >= 15 is 0 Å². The molecule has 0 saturated heterocycles. The van der Waals surface area contributed by atoms with Crippen molar-refractivity contribution in [3.05, 3.63) is 22.8 Å². The maximum absolute atomic E-state index is 12.4. The van der Waals surface area contributed by atoms with Crippen LogP contribution in [-0.2, 0) is 4.79 Å². The average molecular weight is 232 g/mol. The standard InChI is InChI=1S/C16H24O/c1-16(2,3)11-13-9-10-14(15(13)17)12-7-5-4-6-8-12/h11H,4-10H2,1-3H3. The molecule has 17 heavy (non-hydrogen) atoms. The van der Waals surface area contributed by atoms with Crippen LogP contribution in [0.5, 0.6) is 0 Å². The van der Waals surface area contributed by atoms with Gasteiger partial charge in [-0.1, -0.05) is 38.8 Å². The molecule has 2 saturated carbocycles. The fraction of sp³-hybridized carbons (Fsp3) is 0.688. The molecule has 0 aliphatic heterocycles. The third kappa shape index (κ3) is 3.08. The first kappa shape index (κ1) is 12.6. The molecule has 2 aliphatic rings. The summed E-state index contributed by atoms with van der Waals surface area (Å²) in [7, 11) is 0. The number of rotatable bonds is 0. The number of carbonyl (C=O) groups excluding carboxylic acids is 1. The van der Waals surface area contributed by atoms with Gasteiger partial charge >= 0.3 is 0 Å². The molecule has 0 heterocycles. The first-order chi connectivity index (χ1) is 7.97. The van der Waals surface area contributed by atoms with Gasteiger partial charge in [0.05, 0.1) is 0 Å². The van der Waals surface area contributed by atoms with E-state index < -0.39 is 0 Å². The molecule has 94 valence electrons. The van der Waals surface area contributed by atoms with Crippen LogP contribution in [0, 0.1) is 5.41 Å². The van der Waals surface area contributed by atoms with Gasteiger partial charge in [0.1, 0.15) is 0 Å². The van der Waals surface area contributed by atoms with E-state index in [1.165, 1.54) is 43.3 Å². The molecule has 1 heteroatoms. The predicted octanol–water partition coefficient (Wildman–Crippen LogP) is 4.58. The highest BCUT2D eigenvalue weighted by molar-refractivity contribution is 6.11. The van der Waals surface area contributed by atoms with E-state index in [4.69, 9.17) is 0 Å². The lowest BCUT2D eigenvalue weighted by Crippen LogP contribution is -2.07. The number of carbonyl (C=O) groups is 1. The molecule has 0 spiro atoms. The van der Waals surface area contributed by atoms with Gasteiger partial charge < -0.3 is 0 Å². The summed E-state index contributed by atoms with van der Waals surface area (Å²) in [5, 5.41) is 0. The SMILES string of the molecule is CC(C)(C)C=C1CCC(=C2CCCCC2)C1=O. The highest BCUT2D eigenvalue weighted by Crippen LogP contribution is 2.36. The lowest BCUT2D eigenvalue weighted by Gasteiger charge is -2.16. The van der Waals surface area contributed by atoms with Crippen LogP contribution in [0.1, 0.15) is 65.7 Å². The van der Waals surface area contributed by atoms with Crippen LogP contribution < -0.4 is 0 Å². The van der Waals surface area contributed by atoms with Crippen LogP contribution in [0.2, 0.25) is 0 Å². The van der Waals surface area contributed by atoms with Gasteiger partial charge in [-0.25, -0.2) is 0 Å². The van der Waals surface area contributed by atoms with E-state index in [1.807, 2.05) is 0 Å². The lowest BCUT2D eigenvalue weighted by molar-refractivity contribution is -0.111. The first-order valence-electron chi connectivity index (χ1n) is 6.95. The Labute approximate surface area is 105 Å². The molecular weight excluding hydrogens is 208 g/mol. The summed E-state index contributed by atoms with van der Waals surface area (Å²) in [6.07, 6.45) is 10.4. The molecule has 0 aromatic carbocycles. The second-order valence-corrected chi connectivity index (χ2v) is 6.51. The summed E-state index contributed by atoms with van der Waals surface area (Å²) in [4.78, 5) is 12.4. The van der Waals surface area contributed by atoms with E-state index in [0.29, 0.717) is 5.78 Å². The third-order valence-electron chi connectivity index (χ3n) is 3.70. The number of allylic oxidation sites excluding steroid dienone is 4. The van der Waals surface area contributed by atoms with Gasteiger partial charge in [-0.05, 0) is 55.1 Å². The third-order valence-corrected chi connectivity index (χ3v) is 3.70. The van der Waals surface area contributed by atoms with Crippen LogP contribution >= 0.6 is 0 Å². The molecule has 0 radical (unpaired) electrons. The number of Topliss-reactive ketones (excluding diaryl/α,β-unsaturated/α-hetero) is 1. The van der Waals surface area contributed by atoms with Crippen LogP contribution in [0.15, 0.2) is 22.8 Å². The van der Waals surface area contributed by atoms with Crippen molar-refractivity contribution in [2.45, 2.75) is 65.7 Å². The fourth-order valence-corrected chi connectivity index (χ4v) is 2.96. The van der Waals surface area contributed by atoms with Crippen LogP contribution in [0.3, 0.4) is 0 Å². The van der Waals surface area contributed by atoms with Crippen molar-refractivity contribution in [3.63, 3.8) is 0 Å². The molecule has 0 bridgehead atoms. The normalized spacial score (nSPS) is 24.9. The second kappa shape index (κ2) is 4.80. The van der Waals surface area contributed by atoms with Gasteiger partial charge in [-0.3, -0.25) is 4.79 Å². The van der Waals surface area contributed by atoms with Crippen molar-refractivity contribution in [2.24, 2.45) is 5.41 Å². The molecule has 2 fully saturated rings. The quantitative estimate of drug-likeness (QED) is 0.559. The van der Waals surface area contributed by atoms with Crippen LogP contribution in [0.25, 0.3) is 0 Å². The zero-order valence-electron chi connectivity index (χ0n) is 11.4. The monoisotopic (exact) mass is 232 g/mol. The maximum Gasteiger partial charge on any atom is 0.184 e. The average Bonchev–Trinajstić information content (AvgIpc) is 2.60. The van der Waals surface area contributed by atoms with Crippen molar-refractivity contribution in [1.82, 2.24) is 0 Å². The molecule has 0 atom stereocenters. The van der Waals surface area contributed by atoms with E-state index in [1.54, 1.807) is 0 Å². The maximum atomic E-state index is 12.4. The molecule has 0 unspecified atom stereocenters. The lowest BCUT2D eigenvalue weighted by atomic mass is 9.89. The zero-order chi connectivity index (χ0) is 12.5. The Morgan fingerprint density at radius 2 is 1.59 bits per heavy atom. The summed E-state index contributed by atoms with van der Waals surface area (Å²) in [6, 6.07) is 0. The minimum Gasteiger partial charge on any atom is -0.289 e. The Balaban J connectivity index is 2.20. The Hall–Kier alpha value is -0.850. The van der Waals surface area contributed by atoms with Gasteiger partial charge in [0.15, 0.2) is 5.78 Å². The molecule has 2 aliphatic carbocycles. The molecular formula is C16H24O. The van der Waals surface area contributed by atoms with Gasteiger partial charge in [-0.15, -0.1) is 0 Å². The van der Waals surface area contributed by atoms with Crippen molar-refractivity contribution < 1.29 is 4.79 Å². The van der Waals surface area contributed by atoms with Crippen molar-refractivity contribution in [3.8, 4) is 0 Å². The summed E-state index contributed by atoms with van der Waals surface area (Å²) >= 11 is 0. The highest BCUT2D eigenvalue weighted by Gasteiger charge is 2.27. The summed E-state index contributed by atoms with van der Waals surface area (Å²) in [6.45, 7) is 6.50. The smallest absolute Gasteiger partial charge is 0.184 e. The fourth-order valence-electron chi connectivity index (χ4n) is 2.96. The Kier molecular flexibility index (Phi) is 3.56. The van der Waals surface area contributed by atoms with Crippen molar-refractivity contribution in [1.29, 1.82) is 0 Å². The number of hydrogen-bond acceptors (Lipinski definition) is 1. The van der Waals surface area contributed by atoms with Crippen LogP contribution in [0.4, 0.5) is 0 Å². The molecule has 0 aromatic rings. The molecule has 0 N–H and O–H groups in total. The van der Waals surface area contributed by atoms with Gasteiger partial charge in [0.2, 0.25) is 0 Å². The van der Waals surface area contributed by atoms with Crippen LogP contribution in [-0.4, -0.2) is 5.78 Å². The minimum atomic E-state index is 0.123. The topological polar surface area (TPSA) is 17.1 Å². The van der Waals surface area contributed by atoms with Crippen molar-refractivity contribution in [2.75, 3.05) is 0 Å². The second-order valence-electron chi connectivity index (χ2n) is 6.51. The molecule has 1 nitrogen and oxygen atoms in total. The van der Waals surface area contributed by atoms with E-state index in [-0.39, 0.29) is 5.41 Å². The predicted molar refractivity (Wildman–Crippen MR) is 71.9 cm³/mol. The van der Waals surface area contributed by atoms with E-state index in [2.05, 4.69) is 26.8 Å². The van der Waals surface area contributed by atoms with E-state index in [0.717, 1.165) is 18.4 Å².